The maximum Gasteiger partial charge on any atom is 0.232 e. The molecule has 3 nitrogen and oxygen atoms in total. The van der Waals surface area contributed by atoms with Crippen LogP contribution in [-0.2, 0) is 4.79 Å². The highest BCUT2D eigenvalue weighted by molar-refractivity contribution is 5.87. The molecule has 1 fully saturated rings. The second kappa shape index (κ2) is 7.23. The number of carbonyl (C=O) groups is 1. The molecule has 1 amide bonds. The predicted octanol–water partition coefficient (Wildman–Crippen LogP) is 2.69. The molecule has 1 aliphatic rings. The summed E-state index contributed by atoms with van der Waals surface area (Å²) in [4.78, 5) is 12.8. The molecule has 3 rings (SSSR count). The molecule has 22 heavy (non-hydrogen) atoms. The first-order chi connectivity index (χ1) is 10.8. The van der Waals surface area contributed by atoms with E-state index in [4.69, 9.17) is 0 Å². The summed E-state index contributed by atoms with van der Waals surface area (Å²) in [5.41, 5.74) is 2.07. The summed E-state index contributed by atoms with van der Waals surface area (Å²) in [6.45, 7) is 1.76. The highest BCUT2D eigenvalue weighted by atomic mass is 16.1. The van der Waals surface area contributed by atoms with Crippen molar-refractivity contribution in [2.75, 3.05) is 13.1 Å². The van der Waals surface area contributed by atoms with Gasteiger partial charge in [-0.2, -0.15) is 0 Å². The molecule has 0 spiro atoms. The van der Waals surface area contributed by atoms with Gasteiger partial charge >= 0.3 is 0 Å². The van der Waals surface area contributed by atoms with Crippen molar-refractivity contribution in [3.63, 3.8) is 0 Å². The number of amides is 1. The maximum absolute atomic E-state index is 12.8. The van der Waals surface area contributed by atoms with Crippen LogP contribution >= 0.6 is 0 Å². The fourth-order valence-electron chi connectivity index (χ4n) is 3.04. The number of benzene rings is 2. The molecule has 114 valence electrons. The first-order valence-electron chi connectivity index (χ1n) is 7.95. The number of rotatable bonds is 5. The monoisotopic (exact) mass is 294 g/mol. The smallest absolute Gasteiger partial charge is 0.232 e. The van der Waals surface area contributed by atoms with Crippen molar-refractivity contribution in [2.45, 2.75) is 24.8 Å². The van der Waals surface area contributed by atoms with Crippen molar-refractivity contribution in [3.05, 3.63) is 71.8 Å². The second-order valence-electron chi connectivity index (χ2n) is 5.79. The van der Waals surface area contributed by atoms with E-state index < -0.39 is 0 Å². The molecule has 2 aromatic carbocycles. The molecule has 0 bridgehead atoms. The van der Waals surface area contributed by atoms with Crippen molar-refractivity contribution < 1.29 is 4.79 Å². The van der Waals surface area contributed by atoms with E-state index in [-0.39, 0.29) is 11.8 Å². The molecule has 2 N–H and O–H groups in total. The lowest BCUT2D eigenvalue weighted by atomic mass is 9.90. The molecule has 0 aliphatic carbocycles. The summed E-state index contributed by atoms with van der Waals surface area (Å²) in [6, 6.07) is 20.4. The third-order valence-electron chi connectivity index (χ3n) is 4.21. The van der Waals surface area contributed by atoms with Crippen LogP contribution in [0, 0.1) is 0 Å². The zero-order valence-corrected chi connectivity index (χ0v) is 12.7. The minimum Gasteiger partial charge on any atom is -0.354 e. The second-order valence-corrected chi connectivity index (χ2v) is 5.79. The molecule has 2 aromatic rings. The molecule has 1 heterocycles. The summed E-state index contributed by atoms with van der Waals surface area (Å²) in [5.74, 6) is -0.171. The van der Waals surface area contributed by atoms with E-state index >= 15 is 0 Å². The van der Waals surface area contributed by atoms with E-state index in [1.807, 2.05) is 60.7 Å². The third kappa shape index (κ3) is 3.55. The topological polar surface area (TPSA) is 41.1 Å². The lowest BCUT2D eigenvalue weighted by Gasteiger charge is -2.19. The molecule has 0 saturated carbocycles. The van der Waals surface area contributed by atoms with Crippen molar-refractivity contribution in [1.82, 2.24) is 10.6 Å². The van der Waals surface area contributed by atoms with Gasteiger partial charge in [-0.25, -0.2) is 0 Å². The van der Waals surface area contributed by atoms with E-state index in [2.05, 4.69) is 10.6 Å². The summed E-state index contributed by atoms with van der Waals surface area (Å²) < 4.78 is 0. The van der Waals surface area contributed by atoms with Gasteiger partial charge in [-0.05, 0) is 30.5 Å². The lowest BCUT2D eigenvalue weighted by molar-refractivity contribution is -0.121. The van der Waals surface area contributed by atoms with Gasteiger partial charge in [0.2, 0.25) is 5.91 Å². The highest BCUT2D eigenvalue weighted by Crippen LogP contribution is 2.24. The van der Waals surface area contributed by atoms with Crippen LogP contribution in [0.15, 0.2) is 60.7 Å². The Hall–Kier alpha value is -2.13. The van der Waals surface area contributed by atoms with Crippen LogP contribution in [-0.4, -0.2) is 25.0 Å². The van der Waals surface area contributed by atoms with Gasteiger partial charge in [-0.1, -0.05) is 60.7 Å². The summed E-state index contributed by atoms with van der Waals surface area (Å²) in [6.07, 6.45) is 2.34. The van der Waals surface area contributed by atoms with Crippen LogP contribution in [0.25, 0.3) is 0 Å². The van der Waals surface area contributed by atoms with E-state index in [1.54, 1.807) is 0 Å². The van der Waals surface area contributed by atoms with E-state index in [1.165, 1.54) is 6.42 Å². The van der Waals surface area contributed by atoms with Gasteiger partial charge < -0.3 is 10.6 Å². The van der Waals surface area contributed by atoms with E-state index in [0.29, 0.717) is 12.6 Å². The fourth-order valence-corrected chi connectivity index (χ4v) is 3.04. The van der Waals surface area contributed by atoms with Crippen molar-refractivity contribution >= 4 is 5.91 Å². The zero-order valence-electron chi connectivity index (χ0n) is 12.7. The number of hydrogen-bond donors (Lipinski definition) is 2. The quantitative estimate of drug-likeness (QED) is 0.890. The van der Waals surface area contributed by atoms with Crippen LogP contribution in [0.4, 0.5) is 0 Å². The zero-order chi connectivity index (χ0) is 15.2. The normalized spacial score (nSPS) is 17.6. The molecule has 1 unspecified atom stereocenters. The van der Waals surface area contributed by atoms with Gasteiger partial charge in [0.25, 0.3) is 0 Å². The van der Waals surface area contributed by atoms with Crippen LogP contribution in [0.5, 0.6) is 0 Å². The van der Waals surface area contributed by atoms with Gasteiger partial charge in [-0.15, -0.1) is 0 Å². The summed E-state index contributed by atoms with van der Waals surface area (Å²) in [7, 11) is 0. The average Bonchev–Trinajstić information content (AvgIpc) is 3.09. The first kappa shape index (κ1) is 14.8. The van der Waals surface area contributed by atoms with Gasteiger partial charge in [0.15, 0.2) is 0 Å². The standard InChI is InChI=1S/C19H22N2O/c22-19(21-14-17-12-7-13-20-17)18(15-8-3-1-4-9-15)16-10-5-2-6-11-16/h1-6,8-11,17-18,20H,7,12-14H2,(H,21,22). The Morgan fingerprint density at radius 2 is 1.64 bits per heavy atom. The van der Waals surface area contributed by atoms with Gasteiger partial charge in [-0.3, -0.25) is 4.79 Å². The van der Waals surface area contributed by atoms with Gasteiger partial charge in [0, 0.05) is 12.6 Å². The predicted molar refractivity (Wildman–Crippen MR) is 88.8 cm³/mol. The Morgan fingerprint density at radius 1 is 1.05 bits per heavy atom. The Kier molecular flexibility index (Phi) is 4.86. The SMILES string of the molecule is O=C(NCC1CCCN1)C(c1ccccc1)c1ccccc1. The number of nitrogens with one attached hydrogen (secondary N) is 2. The number of carbonyl (C=O) groups excluding carboxylic acids is 1. The van der Waals surface area contributed by atoms with Crippen molar-refractivity contribution in [2.24, 2.45) is 0 Å². The van der Waals surface area contributed by atoms with E-state index in [0.717, 1.165) is 24.1 Å². The van der Waals surface area contributed by atoms with Crippen LogP contribution in [0.1, 0.15) is 29.9 Å². The Bertz CT molecular complexity index is 552. The largest absolute Gasteiger partial charge is 0.354 e. The third-order valence-corrected chi connectivity index (χ3v) is 4.21. The molecule has 0 radical (unpaired) electrons. The number of hydrogen-bond acceptors (Lipinski definition) is 2. The Morgan fingerprint density at radius 3 is 2.14 bits per heavy atom. The molecule has 1 saturated heterocycles. The van der Waals surface area contributed by atoms with Crippen LogP contribution < -0.4 is 10.6 Å². The molecular weight excluding hydrogens is 272 g/mol. The fraction of sp³-hybridized carbons (Fsp3) is 0.316. The van der Waals surface area contributed by atoms with Gasteiger partial charge in [0.05, 0.1) is 5.92 Å². The Balaban J connectivity index is 1.77. The van der Waals surface area contributed by atoms with Crippen molar-refractivity contribution in [3.8, 4) is 0 Å². The minimum atomic E-state index is -0.246. The molecular formula is C19H22N2O. The molecule has 3 heteroatoms. The Labute approximate surface area is 131 Å². The van der Waals surface area contributed by atoms with Crippen molar-refractivity contribution in [1.29, 1.82) is 0 Å². The average molecular weight is 294 g/mol. The summed E-state index contributed by atoms with van der Waals surface area (Å²) >= 11 is 0. The van der Waals surface area contributed by atoms with Gasteiger partial charge in [0.1, 0.15) is 0 Å². The lowest BCUT2D eigenvalue weighted by Crippen LogP contribution is -2.39. The molecule has 1 atom stereocenters. The van der Waals surface area contributed by atoms with E-state index in [9.17, 15) is 4.79 Å². The minimum absolute atomic E-state index is 0.0751. The maximum atomic E-state index is 12.8. The van der Waals surface area contributed by atoms with Crippen LogP contribution in [0.3, 0.4) is 0 Å². The van der Waals surface area contributed by atoms with Crippen LogP contribution in [0.2, 0.25) is 0 Å². The molecule has 1 aliphatic heterocycles. The highest BCUT2D eigenvalue weighted by Gasteiger charge is 2.23. The summed E-state index contributed by atoms with van der Waals surface area (Å²) in [5, 5.41) is 6.54. The first-order valence-corrected chi connectivity index (χ1v) is 7.95. The molecule has 0 aromatic heterocycles.